The molecule has 14 heavy (non-hydrogen) atoms. The molecule has 0 radical (unpaired) electrons. The number of hydrogen-bond donors (Lipinski definition) is 2. The van der Waals surface area contributed by atoms with Crippen LogP contribution in [-0.2, 0) is 6.54 Å². The zero-order valence-corrected chi connectivity index (χ0v) is 9.58. The topological polar surface area (TPSA) is 37.0 Å². The molecule has 1 aromatic heterocycles. The van der Waals surface area contributed by atoms with Crippen molar-refractivity contribution in [2.45, 2.75) is 32.4 Å². The maximum Gasteiger partial charge on any atom is 0.107 e. The van der Waals surface area contributed by atoms with Crippen LogP contribution < -0.4 is 10.6 Å². The molecule has 2 rings (SSSR count). The van der Waals surface area contributed by atoms with Gasteiger partial charge >= 0.3 is 0 Å². The van der Waals surface area contributed by atoms with E-state index in [2.05, 4.69) is 27.9 Å². The molecule has 0 aromatic carbocycles. The quantitative estimate of drug-likeness (QED) is 0.791. The van der Waals surface area contributed by atoms with Gasteiger partial charge in [-0.05, 0) is 26.8 Å². The molecule has 2 N–H and O–H groups in total. The van der Waals surface area contributed by atoms with Crippen molar-refractivity contribution < 1.29 is 0 Å². The summed E-state index contributed by atoms with van der Waals surface area (Å²) in [5.74, 6) is 0. The third-order valence-corrected chi connectivity index (χ3v) is 3.67. The Morgan fingerprint density at radius 3 is 3.14 bits per heavy atom. The molecule has 4 heteroatoms. The van der Waals surface area contributed by atoms with Gasteiger partial charge in [-0.15, -0.1) is 11.3 Å². The lowest BCUT2D eigenvalue weighted by Crippen LogP contribution is -2.43. The van der Waals surface area contributed by atoms with Gasteiger partial charge in [-0.1, -0.05) is 0 Å². The largest absolute Gasteiger partial charge is 0.315 e. The van der Waals surface area contributed by atoms with Crippen LogP contribution in [0.2, 0.25) is 0 Å². The van der Waals surface area contributed by atoms with Gasteiger partial charge in [0.15, 0.2) is 0 Å². The first-order valence-corrected chi connectivity index (χ1v) is 5.93. The van der Waals surface area contributed by atoms with Gasteiger partial charge in [0.25, 0.3) is 0 Å². The van der Waals surface area contributed by atoms with Crippen molar-refractivity contribution >= 4 is 11.3 Å². The lowest BCUT2D eigenvalue weighted by Gasteiger charge is -2.23. The second-order valence-corrected chi connectivity index (χ2v) is 5.17. The summed E-state index contributed by atoms with van der Waals surface area (Å²) in [5.41, 5.74) is 1.39. The van der Waals surface area contributed by atoms with E-state index in [1.807, 2.05) is 6.92 Å². The number of nitrogens with zero attached hydrogens (tertiary/aromatic N) is 1. The van der Waals surface area contributed by atoms with Gasteiger partial charge in [0.1, 0.15) is 5.01 Å². The molecule has 1 aromatic rings. The van der Waals surface area contributed by atoms with Crippen molar-refractivity contribution in [1.82, 2.24) is 15.6 Å². The smallest absolute Gasteiger partial charge is 0.107 e. The maximum atomic E-state index is 4.44. The van der Waals surface area contributed by atoms with Crippen LogP contribution in [0.5, 0.6) is 0 Å². The van der Waals surface area contributed by atoms with Crippen molar-refractivity contribution in [3.05, 3.63) is 16.1 Å². The van der Waals surface area contributed by atoms with E-state index in [1.54, 1.807) is 11.3 Å². The Morgan fingerprint density at radius 2 is 2.57 bits per heavy atom. The summed E-state index contributed by atoms with van der Waals surface area (Å²) in [5, 5.41) is 10.2. The number of rotatable bonds is 3. The van der Waals surface area contributed by atoms with Gasteiger partial charge in [0, 0.05) is 29.7 Å². The van der Waals surface area contributed by atoms with Crippen molar-refractivity contribution in [2.24, 2.45) is 0 Å². The van der Waals surface area contributed by atoms with Crippen molar-refractivity contribution in [3.63, 3.8) is 0 Å². The highest BCUT2D eigenvalue weighted by Gasteiger charge is 2.27. The highest BCUT2D eigenvalue weighted by Crippen LogP contribution is 2.15. The fourth-order valence-electron chi connectivity index (χ4n) is 1.74. The normalized spacial score (nSPS) is 27.0. The van der Waals surface area contributed by atoms with Gasteiger partial charge in [-0.25, -0.2) is 4.98 Å². The van der Waals surface area contributed by atoms with E-state index in [0.29, 0.717) is 0 Å². The summed E-state index contributed by atoms with van der Waals surface area (Å²) in [6.45, 7) is 7.40. The minimum absolute atomic E-state index is 0.263. The number of aryl methyl sites for hydroxylation is 1. The van der Waals surface area contributed by atoms with Crippen LogP contribution in [0, 0.1) is 6.92 Å². The number of nitrogens with one attached hydrogen (secondary N) is 2. The lowest BCUT2D eigenvalue weighted by molar-refractivity contribution is 0.385. The second-order valence-electron chi connectivity index (χ2n) is 4.22. The molecule has 1 aliphatic heterocycles. The zero-order chi connectivity index (χ0) is 10.0. The Morgan fingerprint density at radius 1 is 1.71 bits per heavy atom. The number of aromatic nitrogens is 1. The summed E-state index contributed by atoms with van der Waals surface area (Å²) < 4.78 is 0. The fourth-order valence-corrected chi connectivity index (χ4v) is 2.45. The molecule has 0 bridgehead atoms. The van der Waals surface area contributed by atoms with Crippen LogP contribution in [0.25, 0.3) is 0 Å². The highest BCUT2D eigenvalue weighted by molar-refractivity contribution is 7.09. The lowest BCUT2D eigenvalue weighted by atomic mass is 10.0. The Bertz CT molecular complexity index is 302. The van der Waals surface area contributed by atoms with Gasteiger partial charge in [0.05, 0.1) is 0 Å². The summed E-state index contributed by atoms with van der Waals surface area (Å²) in [7, 11) is 0. The Balaban J connectivity index is 1.87. The molecule has 1 fully saturated rings. The standard InChI is InChI=1S/C10H17N3S/c1-8-6-14-9(13-8)5-12-10(2)3-4-11-7-10/h6,11-12H,3-5,7H2,1-2H3. The molecular formula is C10H17N3S. The molecular weight excluding hydrogens is 194 g/mol. The van der Waals surface area contributed by atoms with Crippen molar-refractivity contribution in [3.8, 4) is 0 Å². The summed E-state index contributed by atoms with van der Waals surface area (Å²) in [6.07, 6.45) is 1.21. The maximum absolute atomic E-state index is 4.44. The minimum Gasteiger partial charge on any atom is -0.315 e. The molecule has 0 spiro atoms. The molecule has 1 saturated heterocycles. The van der Waals surface area contributed by atoms with E-state index in [4.69, 9.17) is 0 Å². The zero-order valence-electron chi connectivity index (χ0n) is 8.76. The predicted octanol–water partition coefficient (Wildman–Crippen LogP) is 1.29. The van der Waals surface area contributed by atoms with Gasteiger partial charge in [-0.3, -0.25) is 0 Å². The van der Waals surface area contributed by atoms with E-state index in [0.717, 1.165) is 25.3 Å². The van der Waals surface area contributed by atoms with Crippen LogP contribution in [0.3, 0.4) is 0 Å². The molecule has 0 amide bonds. The number of hydrogen-bond acceptors (Lipinski definition) is 4. The second kappa shape index (κ2) is 3.96. The third kappa shape index (κ3) is 2.32. The van der Waals surface area contributed by atoms with Gasteiger partial charge in [-0.2, -0.15) is 0 Å². The Kier molecular flexibility index (Phi) is 2.85. The first-order chi connectivity index (χ1) is 6.68. The minimum atomic E-state index is 0.263. The molecule has 78 valence electrons. The van der Waals surface area contributed by atoms with Gasteiger partial charge in [0.2, 0.25) is 0 Å². The highest BCUT2D eigenvalue weighted by atomic mass is 32.1. The van der Waals surface area contributed by atoms with E-state index < -0.39 is 0 Å². The monoisotopic (exact) mass is 211 g/mol. The van der Waals surface area contributed by atoms with E-state index >= 15 is 0 Å². The van der Waals surface area contributed by atoms with Crippen LogP contribution in [0.15, 0.2) is 5.38 Å². The molecule has 0 saturated carbocycles. The van der Waals surface area contributed by atoms with E-state index in [9.17, 15) is 0 Å². The SMILES string of the molecule is Cc1csc(CNC2(C)CCNC2)n1. The third-order valence-electron chi connectivity index (χ3n) is 2.70. The Hall–Kier alpha value is -0.450. The van der Waals surface area contributed by atoms with Gasteiger partial charge < -0.3 is 10.6 Å². The Labute approximate surface area is 88.9 Å². The predicted molar refractivity (Wildman–Crippen MR) is 59.6 cm³/mol. The molecule has 2 heterocycles. The van der Waals surface area contributed by atoms with Crippen LogP contribution in [0.4, 0.5) is 0 Å². The van der Waals surface area contributed by atoms with Crippen molar-refractivity contribution in [2.75, 3.05) is 13.1 Å². The summed E-state index contributed by atoms with van der Waals surface area (Å²) >= 11 is 1.74. The first kappa shape index (κ1) is 10.1. The molecule has 1 aliphatic rings. The van der Waals surface area contributed by atoms with E-state index in [-0.39, 0.29) is 5.54 Å². The molecule has 1 unspecified atom stereocenters. The average molecular weight is 211 g/mol. The molecule has 0 aliphatic carbocycles. The van der Waals surface area contributed by atoms with E-state index in [1.165, 1.54) is 11.4 Å². The molecule has 3 nitrogen and oxygen atoms in total. The fraction of sp³-hybridized carbons (Fsp3) is 0.700. The van der Waals surface area contributed by atoms with Crippen LogP contribution in [-0.4, -0.2) is 23.6 Å². The van der Waals surface area contributed by atoms with Crippen LogP contribution >= 0.6 is 11.3 Å². The number of thiazole rings is 1. The molecule has 1 atom stereocenters. The summed E-state index contributed by atoms with van der Waals surface area (Å²) in [4.78, 5) is 4.44. The van der Waals surface area contributed by atoms with Crippen molar-refractivity contribution in [1.29, 1.82) is 0 Å². The average Bonchev–Trinajstić information content (AvgIpc) is 2.73. The summed E-state index contributed by atoms with van der Waals surface area (Å²) in [6, 6.07) is 0. The van der Waals surface area contributed by atoms with Crippen LogP contribution in [0.1, 0.15) is 24.0 Å². The first-order valence-electron chi connectivity index (χ1n) is 5.05.